The number of hydrogen-bond acceptors (Lipinski definition) is 5. The topological polar surface area (TPSA) is 87.6 Å². The van der Waals surface area contributed by atoms with Crippen LogP contribution in [-0.4, -0.2) is 44.1 Å². The van der Waals surface area contributed by atoms with Crippen molar-refractivity contribution in [3.63, 3.8) is 0 Å². The van der Waals surface area contributed by atoms with Crippen molar-refractivity contribution in [2.45, 2.75) is 48.4 Å². The highest BCUT2D eigenvalue weighted by Gasteiger charge is 2.43. The molecule has 0 spiro atoms. The number of aromatic carboxylic acids is 1. The van der Waals surface area contributed by atoms with Gasteiger partial charge >= 0.3 is 5.97 Å². The summed E-state index contributed by atoms with van der Waals surface area (Å²) in [7, 11) is 0. The Morgan fingerprint density at radius 1 is 1.32 bits per heavy atom. The first-order chi connectivity index (χ1) is 10.6. The van der Waals surface area contributed by atoms with Crippen LogP contribution in [0, 0.1) is 0 Å². The van der Waals surface area contributed by atoms with Gasteiger partial charge < -0.3 is 5.11 Å². The molecule has 1 aliphatic carbocycles. The number of pyridine rings is 1. The molecule has 1 atom stereocenters. The van der Waals surface area contributed by atoms with Crippen LogP contribution in [0.5, 0.6) is 0 Å². The summed E-state index contributed by atoms with van der Waals surface area (Å²) in [5.41, 5.74) is 0.0621. The Kier molecular flexibility index (Phi) is 4.15. The maximum atomic E-state index is 12.5. The minimum Gasteiger partial charge on any atom is -0.478 e. The molecule has 116 valence electrons. The van der Waals surface area contributed by atoms with Gasteiger partial charge in [-0.3, -0.25) is 14.5 Å². The van der Waals surface area contributed by atoms with Crippen molar-refractivity contribution >= 4 is 29.5 Å². The van der Waals surface area contributed by atoms with E-state index in [2.05, 4.69) is 4.98 Å². The average molecular weight is 320 g/mol. The summed E-state index contributed by atoms with van der Waals surface area (Å²) in [5, 5.41) is 8.88. The van der Waals surface area contributed by atoms with Gasteiger partial charge in [0.05, 0.1) is 10.8 Å². The van der Waals surface area contributed by atoms with Crippen molar-refractivity contribution in [3.8, 4) is 0 Å². The van der Waals surface area contributed by atoms with E-state index in [-0.39, 0.29) is 34.9 Å². The zero-order valence-electron chi connectivity index (χ0n) is 11.9. The van der Waals surface area contributed by atoms with Crippen LogP contribution in [0.3, 0.4) is 0 Å². The predicted octanol–water partition coefficient (Wildman–Crippen LogP) is 1.94. The monoisotopic (exact) mass is 320 g/mol. The van der Waals surface area contributed by atoms with Gasteiger partial charge in [-0.05, 0) is 25.0 Å². The van der Waals surface area contributed by atoms with Crippen molar-refractivity contribution in [1.82, 2.24) is 9.88 Å². The fraction of sp³-hybridized carbons (Fsp3) is 0.467. The molecule has 0 aromatic carbocycles. The average Bonchev–Trinajstić information content (AvgIpc) is 3.08. The lowest BCUT2D eigenvalue weighted by atomic mass is 10.2. The summed E-state index contributed by atoms with van der Waals surface area (Å²) < 4.78 is 0. The van der Waals surface area contributed by atoms with Crippen LogP contribution in [0.15, 0.2) is 23.4 Å². The number of carboxylic acids is 1. The number of carbonyl (C=O) groups excluding carboxylic acids is 2. The minimum absolute atomic E-state index is 0.0216. The third-order valence-electron chi connectivity index (χ3n) is 4.09. The molecule has 1 saturated heterocycles. The number of carboxylic acid groups (broad SMARTS) is 1. The molecule has 22 heavy (non-hydrogen) atoms. The molecule has 0 bridgehead atoms. The Bertz CT molecular complexity index is 628. The van der Waals surface area contributed by atoms with Gasteiger partial charge in [-0.15, -0.1) is 0 Å². The minimum atomic E-state index is -1.08. The van der Waals surface area contributed by atoms with Gasteiger partial charge in [0.25, 0.3) is 0 Å². The zero-order chi connectivity index (χ0) is 15.7. The molecule has 2 fully saturated rings. The highest BCUT2D eigenvalue weighted by molar-refractivity contribution is 8.00. The van der Waals surface area contributed by atoms with Gasteiger partial charge in [0.15, 0.2) is 0 Å². The first-order valence-electron chi connectivity index (χ1n) is 7.29. The van der Waals surface area contributed by atoms with E-state index in [0.29, 0.717) is 0 Å². The molecule has 1 aromatic heterocycles. The fourth-order valence-electron chi connectivity index (χ4n) is 3.04. The Hall–Kier alpha value is -1.89. The second-order valence-electron chi connectivity index (χ2n) is 5.51. The maximum absolute atomic E-state index is 12.5. The molecular formula is C15H16N2O4S. The summed E-state index contributed by atoms with van der Waals surface area (Å²) in [6.07, 6.45) is 5.45. The van der Waals surface area contributed by atoms with E-state index < -0.39 is 11.2 Å². The van der Waals surface area contributed by atoms with E-state index in [1.54, 1.807) is 6.07 Å². The number of likely N-dealkylation sites (tertiary alicyclic amines) is 1. The van der Waals surface area contributed by atoms with Crippen molar-refractivity contribution < 1.29 is 19.5 Å². The third kappa shape index (κ3) is 2.72. The van der Waals surface area contributed by atoms with E-state index in [1.165, 1.54) is 17.2 Å². The van der Waals surface area contributed by atoms with Gasteiger partial charge in [0.2, 0.25) is 11.8 Å². The molecule has 0 unspecified atom stereocenters. The van der Waals surface area contributed by atoms with Crippen molar-refractivity contribution in [3.05, 3.63) is 23.9 Å². The first-order valence-corrected chi connectivity index (χ1v) is 8.16. The molecule has 7 heteroatoms. The van der Waals surface area contributed by atoms with Crippen molar-refractivity contribution in [2.24, 2.45) is 0 Å². The summed E-state index contributed by atoms with van der Waals surface area (Å²) in [6, 6.07) is 3.02. The number of amides is 2. The number of imide groups is 1. The molecule has 1 aliphatic heterocycles. The summed E-state index contributed by atoms with van der Waals surface area (Å²) >= 11 is 1.08. The predicted molar refractivity (Wildman–Crippen MR) is 79.6 cm³/mol. The molecule has 1 N–H and O–H groups in total. The number of aromatic nitrogens is 1. The summed E-state index contributed by atoms with van der Waals surface area (Å²) in [5.74, 6) is -1.44. The van der Waals surface area contributed by atoms with Crippen LogP contribution in [0.1, 0.15) is 42.5 Å². The Morgan fingerprint density at radius 2 is 2.05 bits per heavy atom. The molecule has 0 radical (unpaired) electrons. The van der Waals surface area contributed by atoms with Crippen LogP contribution in [-0.2, 0) is 9.59 Å². The second kappa shape index (κ2) is 6.08. The molecule has 2 aliphatic rings. The van der Waals surface area contributed by atoms with Crippen LogP contribution >= 0.6 is 11.8 Å². The molecule has 1 aromatic rings. The molecule has 2 amide bonds. The third-order valence-corrected chi connectivity index (χ3v) is 5.29. The number of rotatable bonds is 4. The normalized spacial score (nSPS) is 22.5. The highest BCUT2D eigenvalue weighted by atomic mass is 32.2. The van der Waals surface area contributed by atoms with Crippen LogP contribution < -0.4 is 0 Å². The number of nitrogens with zero attached hydrogens (tertiary/aromatic N) is 2. The molecular weight excluding hydrogens is 304 g/mol. The lowest BCUT2D eigenvalue weighted by Gasteiger charge is -2.22. The van der Waals surface area contributed by atoms with E-state index in [9.17, 15) is 14.4 Å². The van der Waals surface area contributed by atoms with E-state index in [1.807, 2.05) is 0 Å². The smallest absolute Gasteiger partial charge is 0.338 e. The molecule has 3 rings (SSSR count). The van der Waals surface area contributed by atoms with Crippen LogP contribution in [0.2, 0.25) is 0 Å². The quantitative estimate of drug-likeness (QED) is 0.853. The molecule has 6 nitrogen and oxygen atoms in total. The number of thioether (sulfide) groups is 1. The maximum Gasteiger partial charge on any atom is 0.338 e. The first kappa shape index (κ1) is 15.0. The van der Waals surface area contributed by atoms with Gasteiger partial charge in [0.1, 0.15) is 5.03 Å². The van der Waals surface area contributed by atoms with E-state index >= 15 is 0 Å². The lowest BCUT2D eigenvalue weighted by molar-refractivity contribution is -0.140. The van der Waals surface area contributed by atoms with Gasteiger partial charge in [0, 0.05) is 18.7 Å². The van der Waals surface area contributed by atoms with Gasteiger partial charge in [-0.2, -0.15) is 0 Å². The number of carbonyl (C=O) groups is 3. The van der Waals surface area contributed by atoms with Crippen molar-refractivity contribution in [1.29, 1.82) is 0 Å². The van der Waals surface area contributed by atoms with E-state index in [0.717, 1.165) is 37.4 Å². The Labute approximate surface area is 131 Å². The van der Waals surface area contributed by atoms with Crippen molar-refractivity contribution in [2.75, 3.05) is 0 Å². The van der Waals surface area contributed by atoms with Crippen LogP contribution in [0.25, 0.3) is 0 Å². The largest absolute Gasteiger partial charge is 0.478 e. The Balaban J connectivity index is 1.78. The standard InChI is InChI=1S/C15H16N2O4S/c18-12-8-11(14(19)17(12)9-4-1-2-5-9)22-13-10(15(20)21)6-3-7-16-13/h3,6-7,9,11H,1-2,4-5,8H2,(H,20,21)/t11-/m0/s1. The highest BCUT2D eigenvalue weighted by Crippen LogP contribution is 2.35. The summed E-state index contributed by atoms with van der Waals surface area (Å²) in [6.45, 7) is 0. The fourth-order valence-corrected chi connectivity index (χ4v) is 4.16. The summed E-state index contributed by atoms with van der Waals surface area (Å²) in [4.78, 5) is 41.3. The van der Waals surface area contributed by atoms with Gasteiger partial charge in [-0.25, -0.2) is 9.78 Å². The number of hydrogen-bond donors (Lipinski definition) is 1. The van der Waals surface area contributed by atoms with E-state index in [4.69, 9.17) is 5.11 Å². The second-order valence-corrected chi connectivity index (χ2v) is 6.70. The zero-order valence-corrected chi connectivity index (χ0v) is 12.7. The molecule has 2 heterocycles. The van der Waals surface area contributed by atoms with Gasteiger partial charge in [-0.1, -0.05) is 24.6 Å². The van der Waals surface area contributed by atoms with Crippen LogP contribution in [0.4, 0.5) is 0 Å². The SMILES string of the molecule is O=C(O)c1cccnc1S[C@H]1CC(=O)N(C2CCCC2)C1=O. The Morgan fingerprint density at radius 3 is 2.73 bits per heavy atom. The molecule has 1 saturated carbocycles. The lowest BCUT2D eigenvalue weighted by Crippen LogP contribution is -2.39.